The third-order valence-corrected chi connectivity index (χ3v) is 3.97. The van der Waals surface area contributed by atoms with Crippen molar-refractivity contribution in [2.75, 3.05) is 13.1 Å². The van der Waals surface area contributed by atoms with Crippen molar-refractivity contribution in [2.45, 2.75) is 45.4 Å². The topological polar surface area (TPSA) is 29.1 Å². The summed E-state index contributed by atoms with van der Waals surface area (Å²) in [6.45, 7) is 4.13. The van der Waals surface area contributed by atoms with Gasteiger partial charge in [-0.05, 0) is 25.3 Å². The Morgan fingerprint density at radius 3 is 2.71 bits per heavy atom. The molecule has 0 amide bonds. The van der Waals surface area contributed by atoms with Crippen LogP contribution in [0.1, 0.15) is 45.4 Å². The number of carbonyl (C=O) groups excluding carboxylic acids is 1. The van der Waals surface area contributed by atoms with Crippen molar-refractivity contribution in [3.05, 3.63) is 0 Å². The van der Waals surface area contributed by atoms with Crippen molar-refractivity contribution in [3.63, 3.8) is 0 Å². The molecule has 1 unspecified atom stereocenters. The number of rotatable bonds is 3. The van der Waals surface area contributed by atoms with E-state index in [9.17, 15) is 4.79 Å². The largest absolute Gasteiger partial charge is 0.316 e. The Morgan fingerprint density at radius 1 is 1.43 bits per heavy atom. The van der Waals surface area contributed by atoms with Gasteiger partial charge in [0, 0.05) is 18.4 Å². The Balaban J connectivity index is 1.87. The maximum Gasteiger partial charge on any atom is 0.140 e. The highest BCUT2D eigenvalue weighted by molar-refractivity contribution is 5.85. The normalized spacial score (nSPS) is 33.8. The highest BCUT2D eigenvalue weighted by atomic mass is 16.1. The summed E-state index contributed by atoms with van der Waals surface area (Å²) in [6.07, 6.45) is 7.01. The van der Waals surface area contributed by atoms with E-state index in [-0.39, 0.29) is 5.41 Å². The zero-order valence-electron chi connectivity index (χ0n) is 9.14. The predicted molar refractivity (Wildman–Crippen MR) is 57.2 cm³/mol. The first-order chi connectivity index (χ1) is 6.71. The lowest BCUT2D eigenvalue weighted by Gasteiger charge is -2.35. The standard InChI is InChI=1S/C12H21NO/c1-12(6-3-7-13-9-12)11(14)8-10-4-2-5-10/h10,13H,2-9H2,1H3. The zero-order valence-corrected chi connectivity index (χ0v) is 9.14. The Labute approximate surface area is 86.5 Å². The van der Waals surface area contributed by atoms with Gasteiger partial charge in [-0.1, -0.05) is 26.2 Å². The molecule has 1 saturated heterocycles. The average molecular weight is 195 g/mol. The fourth-order valence-corrected chi connectivity index (χ4v) is 2.50. The molecule has 1 N–H and O–H groups in total. The van der Waals surface area contributed by atoms with Gasteiger partial charge in [-0.2, -0.15) is 0 Å². The molecule has 2 fully saturated rings. The van der Waals surface area contributed by atoms with Crippen molar-refractivity contribution < 1.29 is 4.79 Å². The summed E-state index contributed by atoms with van der Waals surface area (Å²) in [7, 11) is 0. The van der Waals surface area contributed by atoms with Crippen LogP contribution in [-0.2, 0) is 4.79 Å². The lowest BCUT2D eigenvalue weighted by molar-refractivity contribution is -0.130. The van der Waals surface area contributed by atoms with Gasteiger partial charge in [0.05, 0.1) is 0 Å². The number of ketones is 1. The van der Waals surface area contributed by atoms with E-state index in [0.29, 0.717) is 5.78 Å². The molecule has 0 radical (unpaired) electrons. The lowest BCUT2D eigenvalue weighted by Crippen LogP contribution is -2.44. The Bertz CT molecular complexity index is 214. The molecule has 2 heteroatoms. The van der Waals surface area contributed by atoms with Crippen LogP contribution in [0, 0.1) is 11.3 Å². The monoisotopic (exact) mass is 195 g/mol. The summed E-state index contributed by atoms with van der Waals surface area (Å²) in [5.74, 6) is 1.23. The van der Waals surface area contributed by atoms with Crippen molar-refractivity contribution in [2.24, 2.45) is 11.3 Å². The van der Waals surface area contributed by atoms with Gasteiger partial charge in [0.2, 0.25) is 0 Å². The van der Waals surface area contributed by atoms with Gasteiger partial charge in [0.15, 0.2) is 0 Å². The molecule has 14 heavy (non-hydrogen) atoms. The smallest absolute Gasteiger partial charge is 0.140 e. The molecule has 0 aromatic rings. The second-order valence-electron chi connectivity index (χ2n) is 5.27. The van der Waals surface area contributed by atoms with E-state index in [1.54, 1.807) is 0 Å². The van der Waals surface area contributed by atoms with E-state index in [2.05, 4.69) is 12.2 Å². The van der Waals surface area contributed by atoms with E-state index in [4.69, 9.17) is 0 Å². The fraction of sp³-hybridized carbons (Fsp3) is 0.917. The first-order valence-corrected chi connectivity index (χ1v) is 5.95. The molecule has 1 aliphatic heterocycles. The SMILES string of the molecule is CC1(C(=O)CC2CCC2)CCCNC1. The van der Waals surface area contributed by atoms with E-state index >= 15 is 0 Å². The van der Waals surface area contributed by atoms with Crippen molar-refractivity contribution in [1.29, 1.82) is 0 Å². The van der Waals surface area contributed by atoms with Crippen LogP contribution >= 0.6 is 0 Å². The number of piperidine rings is 1. The highest BCUT2D eigenvalue weighted by Gasteiger charge is 2.36. The molecule has 1 heterocycles. The number of carbonyl (C=O) groups is 1. The highest BCUT2D eigenvalue weighted by Crippen LogP contribution is 2.35. The molecule has 1 atom stereocenters. The molecular formula is C12H21NO. The third-order valence-electron chi connectivity index (χ3n) is 3.97. The maximum absolute atomic E-state index is 12.1. The maximum atomic E-state index is 12.1. The van der Waals surface area contributed by atoms with E-state index in [0.717, 1.165) is 38.3 Å². The van der Waals surface area contributed by atoms with Gasteiger partial charge in [-0.15, -0.1) is 0 Å². The summed E-state index contributed by atoms with van der Waals surface area (Å²) in [4.78, 5) is 12.1. The molecular weight excluding hydrogens is 174 g/mol. The average Bonchev–Trinajstić information content (AvgIpc) is 2.12. The van der Waals surface area contributed by atoms with E-state index in [1.807, 2.05) is 0 Å². The van der Waals surface area contributed by atoms with Crippen LogP contribution in [0.4, 0.5) is 0 Å². The first kappa shape index (κ1) is 10.2. The van der Waals surface area contributed by atoms with Crippen LogP contribution < -0.4 is 5.32 Å². The third kappa shape index (κ3) is 2.00. The summed E-state index contributed by atoms with van der Waals surface area (Å²) in [5, 5.41) is 3.34. The summed E-state index contributed by atoms with van der Waals surface area (Å²) >= 11 is 0. The van der Waals surface area contributed by atoms with E-state index in [1.165, 1.54) is 19.3 Å². The first-order valence-electron chi connectivity index (χ1n) is 5.95. The Hall–Kier alpha value is -0.370. The predicted octanol–water partition coefficient (Wildman–Crippen LogP) is 2.14. The Kier molecular flexibility index (Phi) is 2.91. The van der Waals surface area contributed by atoms with Crippen LogP contribution in [0.15, 0.2) is 0 Å². The molecule has 0 spiro atoms. The van der Waals surface area contributed by atoms with Gasteiger partial charge in [-0.3, -0.25) is 4.79 Å². The van der Waals surface area contributed by atoms with Gasteiger partial charge in [0.1, 0.15) is 5.78 Å². The molecule has 0 aromatic carbocycles. The van der Waals surface area contributed by atoms with Gasteiger partial charge in [-0.25, -0.2) is 0 Å². The van der Waals surface area contributed by atoms with Gasteiger partial charge < -0.3 is 5.32 Å². The van der Waals surface area contributed by atoms with Crippen LogP contribution in [-0.4, -0.2) is 18.9 Å². The number of hydrogen-bond donors (Lipinski definition) is 1. The number of hydrogen-bond acceptors (Lipinski definition) is 2. The minimum Gasteiger partial charge on any atom is -0.316 e. The van der Waals surface area contributed by atoms with Crippen LogP contribution in [0.2, 0.25) is 0 Å². The second kappa shape index (κ2) is 4.01. The molecule has 80 valence electrons. The van der Waals surface area contributed by atoms with E-state index < -0.39 is 0 Å². The zero-order chi connectivity index (χ0) is 10.0. The summed E-state index contributed by atoms with van der Waals surface area (Å²) < 4.78 is 0. The molecule has 2 aliphatic rings. The number of nitrogens with one attached hydrogen (secondary N) is 1. The molecule has 2 rings (SSSR count). The quantitative estimate of drug-likeness (QED) is 0.747. The summed E-state index contributed by atoms with van der Waals surface area (Å²) in [6, 6.07) is 0. The van der Waals surface area contributed by atoms with Crippen LogP contribution in [0.25, 0.3) is 0 Å². The second-order valence-corrected chi connectivity index (χ2v) is 5.27. The fourth-order valence-electron chi connectivity index (χ4n) is 2.50. The minimum atomic E-state index is -0.0478. The van der Waals surface area contributed by atoms with Crippen molar-refractivity contribution in [3.8, 4) is 0 Å². The lowest BCUT2D eigenvalue weighted by atomic mass is 9.72. The number of Topliss-reactive ketones (excluding diaryl/α,β-unsaturated/α-hetero) is 1. The van der Waals surface area contributed by atoms with Crippen molar-refractivity contribution in [1.82, 2.24) is 5.32 Å². The van der Waals surface area contributed by atoms with Crippen LogP contribution in [0.3, 0.4) is 0 Å². The van der Waals surface area contributed by atoms with Gasteiger partial charge >= 0.3 is 0 Å². The van der Waals surface area contributed by atoms with Crippen molar-refractivity contribution >= 4 is 5.78 Å². The molecule has 2 nitrogen and oxygen atoms in total. The Morgan fingerprint density at radius 2 is 2.21 bits per heavy atom. The van der Waals surface area contributed by atoms with Crippen LogP contribution in [0.5, 0.6) is 0 Å². The molecule has 0 bridgehead atoms. The molecule has 1 saturated carbocycles. The molecule has 1 aliphatic carbocycles. The minimum absolute atomic E-state index is 0.0478. The van der Waals surface area contributed by atoms with Gasteiger partial charge in [0.25, 0.3) is 0 Å². The summed E-state index contributed by atoms with van der Waals surface area (Å²) in [5.41, 5.74) is -0.0478. The molecule has 0 aromatic heterocycles.